The number of nitrogens with one attached hydrogen (secondary N) is 1. The predicted molar refractivity (Wildman–Crippen MR) is 71.2 cm³/mol. The number of aromatic nitrogens is 2. The van der Waals surface area contributed by atoms with Crippen molar-refractivity contribution >= 4 is 29.1 Å². The SMILES string of the molecule is N#Cc1c(-c2cccs2)nc(SCC(=O)O)[nH]c1=O. The van der Waals surface area contributed by atoms with Crippen molar-refractivity contribution in [3.8, 4) is 16.6 Å². The number of hydrogen-bond acceptors (Lipinski definition) is 6. The summed E-state index contributed by atoms with van der Waals surface area (Å²) in [5, 5.41) is 19.6. The van der Waals surface area contributed by atoms with Gasteiger partial charge in [-0.25, -0.2) is 4.98 Å². The fourth-order valence-electron chi connectivity index (χ4n) is 1.35. The van der Waals surface area contributed by atoms with Crippen LogP contribution in [-0.4, -0.2) is 26.8 Å². The van der Waals surface area contributed by atoms with Gasteiger partial charge in [0.15, 0.2) is 5.16 Å². The van der Waals surface area contributed by atoms with Gasteiger partial charge in [0.2, 0.25) is 0 Å². The van der Waals surface area contributed by atoms with E-state index in [-0.39, 0.29) is 22.2 Å². The molecule has 2 rings (SSSR count). The van der Waals surface area contributed by atoms with Gasteiger partial charge in [-0.15, -0.1) is 11.3 Å². The molecule has 0 unspecified atom stereocenters. The molecular weight excluding hydrogens is 286 g/mol. The number of carboxylic acid groups (broad SMARTS) is 1. The lowest BCUT2D eigenvalue weighted by atomic mass is 10.2. The summed E-state index contributed by atoms with van der Waals surface area (Å²) in [4.78, 5) is 29.5. The van der Waals surface area contributed by atoms with Gasteiger partial charge in [-0.1, -0.05) is 17.8 Å². The average Bonchev–Trinajstić information content (AvgIpc) is 2.89. The molecule has 0 atom stereocenters. The van der Waals surface area contributed by atoms with Gasteiger partial charge in [-0.2, -0.15) is 5.26 Å². The van der Waals surface area contributed by atoms with E-state index in [9.17, 15) is 9.59 Å². The molecule has 0 saturated heterocycles. The highest BCUT2D eigenvalue weighted by Crippen LogP contribution is 2.25. The third-order valence-electron chi connectivity index (χ3n) is 2.10. The number of nitriles is 1. The summed E-state index contributed by atoms with van der Waals surface area (Å²) < 4.78 is 0. The zero-order valence-electron chi connectivity index (χ0n) is 9.41. The monoisotopic (exact) mass is 293 g/mol. The lowest BCUT2D eigenvalue weighted by Gasteiger charge is -2.03. The van der Waals surface area contributed by atoms with Gasteiger partial charge in [0.25, 0.3) is 5.56 Å². The van der Waals surface area contributed by atoms with Gasteiger partial charge >= 0.3 is 5.97 Å². The number of hydrogen-bond donors (Lipinski definition) is 2. The van der Waals surface area contributed by atoms with Gasteiger partial charge in [0, 0.05) is 0 Å². The van der Waals surface area contributed by atoms with E-state index in [4.69, 9.17) is 10.4 Å². The molecule has 2 N–H and O–H groups in total. The predicted octanol–water partition coefficient (Wildman–Crippen LogP) is 1.55. The number of thiophene rings is 1. The number of H-pyrrole nitrogens is 1. The van der Waals surface area contributed by atoms with Crippen molar-refractivity contribution in [3.63, 3.8) is 0 Å². The van der Waals surface area contributed by atoms with Crippen LogP contribution in [0.4, 0.5) is 0 Å². The minimum atomic E-state index is -1.00. The number of aromatic amines is 1. The van der Waals surface area contributed by atoms with Crippen LogP contribution in [-0.2, 0) is 4.79 Å². The van der Waals surface area contributed by atoms with Gasteiger partial charge in [0.05, 0.1) is 10.6 Å². The van der Waals surface area contributed by atoms with E-state index >= 15 is 0 Å². The lowest BCUT2D eigenvalue weighted by molar-refractivity contribution is -0.133. The maximum atomic E-state index is 11.8. The molecule has 2 heterocycles. The van der Waals surface area contributed by atoms with Crippen molar-refractivity contribution < 1.29 is 9.90 Å². The molecule has 0 bridgehead atoms. The molecule has 0 radical (unpaired) electrons. The largest absolute Gasteiger partial charge is 0.481 e. The first-order valence-corrected chi connectivity index (χ1v) is 6.91. The maximum absolute atomic E-state index is 11.8. The summed E-state index contributed by atoms with van der Waals surface area (Å²) in [6.45, 7) is 0. The second kappa shape index (κ2) is 5.69. The van der Waals surface area contributed by atoms with Crippen LogP contribution in [0.2, 0.25) is 0 Å². The van der Waals surface area contributed by atoms with E-state index in [2.05, 4.69) is 9.97 Å². The minimum Gasteiger partial charge on any atom is -0.481 e. The smallest absolute Gasteiger partial charge is 0.313 e. The quantitative estimate of drug-likeness (QED) is 0.654. The Kier molecular flexibility index (Phi) is 3.99. The van der Waals surface area contributed by atoms with Crippen LogP contribution in [0.25, 0.3) is 10.6 Å². The van der Waals surface area contributed by atoms with E-state index in [1.54, 1.807) is 12.1 Å². The average molecular weight is 293 g/mol. The van der Waals surface area contributed by atoms with Gasteiger partial charge in [0.1, 0.15) is 17.3 Å². The number of carbonyl (C=O) groups is 1. The van der Waals surface area contributed by atoms with Gasteiger partial charge < -0.3 is 10.1 Å². The molecule has 8 heteroatoms. The summed E-state index contributed by atoms with van der Waals surface area (Å²) in [7, 11) is 0. The van der Waals surface area contributed by atoms with Crippen LogP contribution in [0.5, 0.6) is 0 Å². The Hall–Kier alpha value is -2.11. The fourth-order valence-corrected chi connectivity index (χ4v) is 2.65. The van der Waals surface area contributed by atoms with E-state index in [0.717, 1.165) is 11.8 Å². The first-order valence-electron chi connectivity index (χ1n) is 5.04. The highest BCUT2D eigenvalue weighted by Gasteiger charge is 2.14. The third-order valence-corrected chi connectivity index (χ3v) is 3.83. The highest BCUT2D eigenvalue weighted by atomic mass is 32.2. The Balaban J connectivity index is 2.49. The van der Waals surface area contributed by atoms with E-state index < -0.39 is 11.5 Å². The standard InChI is InChI=1S/C11H7N3O3S2/c12-4-6-9(7-2-1-3-18-7)13-11(14-10(6)17)19-5-8(15)16/h1-3H,5H2,(H,15,16)(H,13,14,17). The van der Waals surface area contributed by atoms with Crippen molar-refractivity contribution in [3.05, 3.63) is 33.4 Å². The number of nitrogens with zero attached hydrogens (tertiary/aromatic N) is 2. The molecule has 0 aromatic carbocycles. The Labute approximate surface area is 115 Å². The van der Waals surface area contributed by atoms with Crippen molar-refractivity contribution in [2.75, 3.05) is 5.75 Å². The second-order valence-corrected chi connectivity index (χ2v) is 5.28. The summed E-state index contributed by atoms with van der Waals surface area (Å²) in [5.41, 5.74) is -0.343. The van der Waals surface area contributed by atoms with E-state index in [1.165, 1.54) is 11.3 Å². The van der Waals surface area contributed by atoms with Crippen molar-refractivity contribution in [1.82, 2.24) is 9.97 Å². The van der Waals surface area contributed by atoms with Crippen molar-refractivity contribution in [2.24, 2.45) is 0 Å². The highest BCUT2D eigenvalue weighted by molar-refractivity contribution is 7.99. The molecule has 6 nitrogen and oxygen atoms in total. The topological polar surface area (TPSA) is 107 Å². The molecule has 0 spiro atoms. The van der Waals surface area contributed by atoms with Crippen LogP contribution in [0.3, 0.4) is 0 Å². The van der Waals surface area contributed by atoms with Crippen LogP contribution in [0, 0.1) is 11.3 Å². The molecule has 0 saturated carbocycles. The molecule has 2 aromatic rings. The van der Waals surface area contributed by atoms with Crippen molar-refractivity contribution in [2.45, 2.75) is 5.16 Å². The van der Waals surface area contributed by atoms with Gasteiger partial charge in [-0.05, 0) is 11.4 Å². The van der Waals surface area contributed by atoms with Crippen LogP contribution < -0.4 is 5.56 Å². The summed E-state index contributed by atoms with van der Waals surface area (Å²) in [6, 6.07) is 5.35. The van der Waals surface area contributed by atoms with Crippen LogP contribution in [0.1, 0.15) is 5.56 Å². The van der Waals surface area contributed by atoms with Gasteiger partial charge in [-0.3, -0.25) is 9.59 Å². The molecule has 0 aliphatic rings. The zero-order valence-corrected chi connectivity index (χ0v) is 11.0. The lowest BCUT2D eigenvalue weighted by Crippen LogP contribution is -2.15. The molecule has 0 aliphatic carbocycles. The Bertz CT molecular complexity index is 701. The number of carboxylic acids is 1. The van der Waals surface area contributed by atoms with E-state index in [0.29, 0.717) is 4.88 Å². The second-order valence-electron chi connectivity index (χ2n) is 3.37. The minimum absolute atomic E-state index is 0.0675. The number of aliphatic carboxylic acids is 1. The van der Waals surface area contributed by atoms with Crippen LogP contribution >= 0.6 is 23.1 Å². The maximum Gasteiger partial charge on any atom is 0.313 e. The van der Waals surface area contributed by atoms with E-state index in [1.807, 2.05) is 11.4 Å². The number of thioether (sulfide) groups is 1. The molecule has 0 fully saturated rings. The van der Waals surface area contributed by atoms with Crippen molar-refractivity contribution in [1.29, 1.82) is 5.26 Å². The zero-order chi connectivity index (χ0) is 13.8. The molecule has 19 heavy (non-hydrogen) atoms. The first kappa shape index (κ1) is 13.3. The van der Waals surface area contributed by atoms with Crippen LogP contribution in [0.15, 0.2) is 27.5 Å². The summed E-state index contributed by atoms with van der Waals surface area (Å²) in [5.74, 6) is -1.21. The molecule has 0 amide bonds. The molecule has 2 aromatic heterocycles. The Morgan fingerprint density at radius 1 is 1.63 bits per heavy atom. The third kappa shape index (κ3) is 3.01. The Morgan fingerprint density at radius 2 is 2.42 bits per heavy atom. The normalized spacial score (nSPS) is 10.1. The molecular formula is C11H7N3O3S2. The summed E-state index contributed by atoms with van der Waals surface area (Å²) in [6.07, 6.45) is 0. The molecule has 96 valence electrons. The first-order chi connectivity index (χ1) is 9.11. The number of rotatable bonds is 4. The Morgan fingerprint density at radius 3 is 3.00 bits per heavy atom. The summed E-state index contributed by atoms with van der Waals surface area (Å²) >= 11 is 2.26. The fraction of sp³-hybridized carbons (Fsp3) is 0.0909. The molecule has 0 aliphatic heterocycles.